The normalized spacial score (nSPS) is 21.5. The van der Waals surface area contributed by atoms with Crippen molar-refractivity contribution in [1.29, 1.82) is 0 Å². The molecule has 1 amide bonds. The van der Waals surface area contributed by atoms with Crippen molar-refractivity contribution >= 4 is 5.91 Å². The maximum absolute atomic E-state index is 12.9. The highest BCUT2D eigenvalue weighted by molar-refractivity contribution is 5.79. The zero-order valence-corrected chi connectivity index (χ0v) is 9.46. The molecule has 0 bridgehead atoms. The lowest BCUT2D eigenvalue weighted by Gasteiger charge is -2.35. The molecule has 0 spiro atoms. The van der Waals surface area contributed by atoms with Crippen molar-refractivity contribution < 1.29 is 13.6 Å². The SMILES string of the molecule is C[C@H](C(=O)N1CCN(C)CC1)C(C)(F)F. The zero-order chi connectivity index (χ0) is 11.6. The lowest BCUT2D eigenvalue weighted by Crippen LogP contribution is -2.50. The van der Waals surface area contributed by atoms with Gasteiger partial charge in [0.25, 0.3) is 5.92 Å². The fourth-order valence-electron chi connectivity index (χ4n) is 1.52. The summed E-state index contributed by atoms with van der Waals surface area (Å²) < 4.78 is 25.9. The van der Waals surface area contributed by atoms with Crippen LogP contribution in [0.5, 0.6) is 0 Å². The zero-order valence-electron chi connectivity index (χ0n) is 9.46. The van der Waals surface area contributed by atoms with Crippen LogP contribution < -0.4 is 0 Å². The highest BCUT2D eigenvalue weighted by atomic mass is 19.3. The first kappa shape index (κ1) is 12.4. The topological polar surface area (TPSA) is 23.6 Å². The van der Waals surface area contributed by atoms with Gasteiger partial charge >= 0.3 is 0 Å². The third kappa shape index (κ3) is 3.12. The van der Waals surface area contributed by atoms with Crippen LogP contribution in [0, 0.1) is 5.92 Å². The van der Waals surface area contributed by atoms with E-state index < -0.39 is 17.7 Å². The van der Waals surface area contributed by atoms with E-state index in [4.69, 9.17) is 0 Å². The fraction of sp³-hybridized carbons (Fsp3) is 0.900. The molecule has 0 saturated carbocycles. The quantitative estimate of drug-likeness (QED) is 0.694. The number of nitrogens with zero attached hydrogens (tertiary/aromatic N) is 2. The molecule has 1 atom stereocenters. The summed E-state index contributed by atoms with van der Waals surface area (Å²) in [5.41, 5.74) is 0. The second-order valence-corrected chi connectivity index (χ2v) is 4.31. The number of rotatable bonds is 2. The second kappa shape index (κ2) is 4.43. The van der Waals surface area contributed by atoms with Crippen LogP contribution in [0.3, 0.4) is 0 Å². The van der Waals surface area contributed by atoms with Gasteiger partial charge < -0.3 is 9.80 Å². The van der Waals surface area contributed by atoms with Gasteiger partial charge in [-0.2, -0.15) is 0 Å². The fourth-order valence-corrected chi connectivity index (χ4v) is 1.52. The highest BCUT2D eigenvalue weighted by Crippen LogP contribution is 2.25. The third-order valence-corrected chi connectivity index (χ3v) is 2.95. The molecule has 1 aliphatic heterocycles. The molecule has 0 aliphatic carbocycles. The molecule has 5 heteroatoms. The number of likely N-dealkylation sites (N-methyl/N-ethyl adjacent to an activating group) is 1. The Bertz CT molecular complexity index is 232. The molecular formula is C10H18F2N2O. The van der Waals surface area contributed by atoms with Crippen LogP contribution in [0.15, 0.2) is 0 Å². The number of piperazine rings is 1. The molecule has 0 unspecified atom stereocenters. The van der Waals surface area contributed by atoms with Crippen LogP contribution in [-0.2, 0) is 4.79 Å². The highest BCUT2D eigenvalue weighted by Gasteiger charge is 2.38. The lowest BCUT2D eigenvalue weighted by molar-refractivity contribution is -0.148. The van der Waals surface area contributed by atoms with Crippen molar-refractivity contribution in [2.45, 2.75) is 19.8 Å². The smallest absolute Gasteiger partial charge is 0.256 e. The number of hydrogen-bond acceptors (Lipinski definition) is 2. The summed E-state index contributed by atoms with van der Waals surface area (Å²) in [7, 11) is 1.96. The summed E-state index contributed by atoms with van der Waals surface area (Å²) in [5, 5.41) is 0. The van der Waals surface area contributed by atoms with Crippen molar-refractivity contribution in [3.05, 3.63) is 0 Å². The predicted octanol–water partition coefficient (Wildman–Crippen LogP) is 1.05. The van der Waals surface area contributed by atoms with Gasteiger partial charge in [-0.1, -0.05) is 0 Å². The van der Waals surface area contributed by atoms with E-state index in [1.807, 2.05) is 7.05 Å². The minimum Gasteiger partial charge on any atom is -0.340 e. The summed E-state index contributed by atoms with van der Waals surface area (Å²) in [5.74, 6) is -4.59. The van der Waals surface area contributed by atoms with Gasteiger partial charge in [0.2, 0.25) is 5.91 Å². The van der Waals surface area contributed by atoms with E-state index in [1.165, 1.54) is 11.8 Å². The molecule has 1 rings (SSSR count). The average molecular weight is 220 g/mol. The average Bonchev–Trinajstić information content (AvgIpc) is 2.15. The monoisotopic (exact) mass is 220 g/mol. The van der Waals surface area contributed by atoms with Gasteiger partial charge in [0.05, 0.1) is 5.92 Å². The van der Waals surface area contributed by atoms with E-state index in [0.717, 1.165) is 20.0 Å². The standard InChI is InChI=1S/C10H18F2N2O/c1-8(10(2,11)12)9(15)14-6-4-13(3)5-7-14/h8H,4-7H2,1-3H3/t8-/m1/s1. The maximum atomic E-state index is 12.9. The number of carbonyl (C=O) groups excluding carboxylic acids is 1. The van der Waals surface area contributed by atoms with Gasteiger partial charge in [0.15, 0.2) is 0 Å². The van der Waals surface area contributed by atoms with Crippen LogP contribution in [-0.4, -0.2) is 54.9 Å². The van der Waals surface area contributed by atoms with E-state index in [0.29, 0.717) is 13.1 Å². The number of amides is 1. The van der Waals surface area contributed by atoms with Crippen LogP contribution >= 0.6 is 0 Å². The Morgan fingerprint density at radius 1 is 1.27 bits per heavy atom. The molecule has 88 valence electrons. The molecule has 0 aromatic heterocycles. The maximum Gasteiger partial charge on any atom is 0.256 e. The van der Waals surface area contributed by atoms with E-state index >= 15 is 0 Å². The number of carbonyl (C=O) groups is 1. The molecule has 3 nitrogen and oxygen atoms in total. The molecule has 0 aromatic rings. The third-order valence-electron chi connectivity index (χ3n) is 2.95. The van der Waals surface area contributed by atoms with Crippen LogP contribution in [0.25, 0.3) is 0 Å². The number of hydrogen-bond donors (Lipinski definition) is 0. The van der Waals surface area contributed by atoms with Gasteiger partial charge in [0.1, 0.15) is 0 Å². The van der Waals surface area contributed by atoms with Gasteiger partial charge in [-0.05, 0) is 14.0 Å². The minimum atomic E-state index is -2.93. The second-order valence-electron chi connectivity index (χ2n) is 4.31. The Kier molecular flexibility index (Phi) is 3.65. The molecule has 1 aliphatic rings. The first-order valence-electron chi connectivity index (χ1n) is 5.17. The molecule has 0 aromatic carbocycles. The molecule has 0 radical (unpaired) electrons. The van der Waals surface area contributed by atoms with Crippen molar-refractivity contribution in [3.8, 4) is 0 Å². The summed E-state index contributed by atoms with van der Waals surface area (Å²) in [4.78, 5) is 15.3. The Morgan fingerprint density at radius 3 is 2.13 bits per heavy atom. The first-order chi connectivity index (χ1) is 6.82. The minimum absolute atomic E-state index is 0.435. The van der Waals surface area contributed by atoms with Crippen LogP contribution in [0.2, 0.25) is 0 Å². The van der Waals surface area contributed by atoms with Crippen molar-refractivity contribution in [2.75, 3.05) is 33.2 Å². The van der Waals surface area contributed by atoms with Crippen LogP contribution in [0.1, 0.15) is 13.8 Å². The van der Waals surface area contributed by atoms with Gasteiger partial charge in [0, 0.05) is 33.1 Å². The first-order valence-corrected chi connectivity index (χ1v) is 5.17. The van der Waals surface area contributed by atoms with Crippen LogP contribution in [0.4, 0.5) is 8.78 Å². The Labute approximate surface area is 89.0 Å². The molecule has 1 heterocycles. The van der Waals surface area contributed by atoms with Gasteiger partial charge in [-0.3, -0.25) is 4.79 Å². The molecule has 15 heavy (non-hydrogen) atoms. The van der Waals surface area contributed by atoms with Gasteiger partial charge in [-0.25, -0.2) is 8.78 Å². The molecular weight excluding hydrogens is 202 g/mol. The Hall–Kier alpha value is -0.710. The molecule has 0 N–H and O–H groups in total. The number of halogens is 2. The summed E-state index contributed by atoms with van der Waals surface area (Å²) >= 11 is 0. The summed E-state index contributed by atoms with van der Waals surface area (Å²) in [6, 6.07) is 0. The Balaban J connectivity index is 2.54. The van der Waals surface area contributed by atoms with E-state index in [2.05, 4.69) is 4.90 Å². The summed E-state index contributed by atoms with van der Waals surface area (Å²) in [6.45, 7) is 4.71. The Morgan fingerprint density at radius 2 is 1.73 bits per heavy atom. The lowest BCUT2D eigenvalue weighted by atomic mass is 10.0. The molecule has 1 saturated heterocycles. The van der Waals surface area contributed by atoms with E-state index in [9.17, 15) is 13.6 Å². The van der Waals surface area contributed by atoms with Gasteiger partial charge in [-0.15, -0.1) is 0 Å². The van der Waals surface area contributed by atoms with Crippen molar-refractivity contribution in [3.63, 3.8) is 0 Å². The molecule has 1 fully saturated rings. The largest absolute Gasteiger partial charge is 0.340 e. The van der Waals surface area contributed by atoms with E-state index in [1.54, 1.807) is 0 Å². The number of alkyl halides is 2. The van der Waals surface area contributed by atoms with Crippen molar-refractivity contribution in [2.24, 2.45) is 5.92 Å². The van der Waals surface area contributed by atoms with E-state index in [-0.39, 0.29) is 0 Å². The van der Waals surface area contributed by atoms with Crippen molar-refractivity contribution in [1.82, 2.24) is 9.80 Å². The predicted molar refractivity (Wildman–Crippen MR) is 53.9 cm³/mol. The summed E-state index contributed by atoms with van der Waals surface area (Å²) in [6.07, 6.45) is 0.